The molecule has 1 amide bonds. The number of carbonyl (C=O) groups is 2. The average Bonchev–Trinajstić information content (AvgIpc) is 2.77. The monoisotopic (exact) mass is 256 g/mol. The number of nitrogens with one attached hydrogen (secondary N) is 2. The van der Waals surface area contributed by atoms with Gasteiger partial charge in [-0.3, -0.25) is 4.79 Å². The first-order chi connectivity index (χ1) is 9.06. The van der Waals surface area contributed by atoms with Crippen molar-refractivity contribution in [1.29, 1.82) is 0 Å². The number of rotatable bonds is 2. The van der Waals surface area contributed by atoms with Crippen LogP contribution in [-0.4, -0.2) is 28.5 Å². The molecule has 0 aliphatic carbocycles. The van der Waals surface area contributed by atoms with E-state index in [0.717, 1.165) is 16.5 Å². The summed E-state index contributed by atoms with van der Waals surface area (Å²) in [6.07, 6.45) is 0. The summed E-state index contributed by atoms with van der Waals surface area (Å²) in [5.41, 5.74) is 1.64. The van der Waals surface area contributed by atoms with Crippen LogP contribution in [-0.2, 0) is 4.79 Å². The van der Waals surface area contributed by atoms with Gasteiger partial charge in [0.25, 0.3) is 0 Å². The predicted octanol–water partition coefficient (Wildman–Crippen LogP) is 1.35. The highest BCUT2D eigenvalue weighted by Crippen LogP contribution is 2.16. The zero-order valence-corrected chi connectivity index (χ0v) is 10.3. The molecule has 1 heterocycles. The molecule has 0 unspecified atom stereocenters. The highest BCUT2D eigenvalue weighted by atomic mass is 16.4. The van der Waals surface area contributed by atoms with Crippen molar-refractivity contribution in [3.63, 3.8) is 0 Å². The van der Waals surface area contributed by atoms with Gasteiger partial charge < -0.3 is 15.4 Å². The van der Waals surface area contributed by atoms with E-state index in [-0.39, 0.29) is 11.6 Å². The molecule has 96 valence electrons. The number of carboxylic acid groups (broad SMARTS) is 1. The Hall–Kier alpha value is -2.74. The number of H-pyrrole nitrogens is 1. The van der Waals surface area contributed by atoms with Gasteiger partial charge in [0.2, 0.25) is 5.91 Å². The van der Waals surface area contributed by atoms with Gasteiger partial charge in [-0.1, -0.05) is 17.9 Å². The molecular weight excluding hydrogens is 244 g/mol. The molecule has 0 fully saturated rings. The minimum atomic E-state index is -0.991. The van der Waals surface area contributed by atoms with E-state index in [1.54, 1.807) is 18.2 Å². The van der Waals surface area contributed by atoms with Crippen LogP contribution in [0.2, 0.25) is 0 Å². The maximum atomic E-state index is 10.8. The smallest absolute Gasteiger partial charge is 0.352 e. The van der Waals surface area contributed by atoms with Crippen molar-refractivity contribution in [1.82, 2.24) is 10.3 Å². The summed E-state index contributed by atoms with van der Waals surface area (Å²) in [5, 5.41) is 12.3. The van der Waals surface area contributed by atoms with Crippen molar-refractivity contribution < 1.29 is 14.7 Å². The third-order valence-corrected chi connectivity index (χ3v) is 2.51. The molecule has 3 N–H and O–H groups in total. The first-order valence-electron chi connectivity index (χ1n) is 5.65. The normalized spacial score (nSPS) is 9.74. The molecule has 0 spiro atoms. The Morgan fingerprint density at radius 3 is 2.84 bits per heavy atom. The quantitative estimate of drug-likeness (QED) is 0.709. The number of hydrogen-bond acceptors (Lipinski definition) is 2. The molecule has 5 heteroatoms. The fraction of sp³-hybridized carbons (Fsp3) is 0.143. The summed E-state index contributed by atoms with van der Waals surface area (Å²) in [6, 6.07) is 6.97. The fourth-order valence-corrected chi connectivity index (χ4v) is 1.63. The number of hydrogen-bond donors (Lipinski definition) is 3. The first-order valence-corrected chi connectivity index (χ1v) is 5.65. The molecule has 19 heavy (non-hydrogen) atoms. The predicted molar refractivity (Wildman–Crippen MR) is 70.8 cm³/mol. The van der Waals surface area contributed by atoms with Gasteiger partial charge in [0.05, 0.1) is 6.54 Å². The highest BCUT2D eigenvalue weighted by molar-refractivity contribution is 5.94. The van der Waals surface area contributed by atoms with Crippen LogP contribution in [0.15, 0.2) is 24.3 Å². The molecule has 0 bridgehead atoms. The molecule has 2 rings (SSSR count). The Kier molecular flexibility index (Phi) is 3.53. The first kappa shape index (κ1) is 12.7. The van der Waals surface area contributed by atoms with Crippen LogP contribution in [0.4, 0.5) is 0 Å². The van der Waals surface area contributed by atoms with E-state index in [4.69, 9.17) is 5.11 Å². The van der Waals surface area contributed by atoms with Crippen molar-refractivity contribution in [3.8, 4) is 11.8 Å². The zero-order chi connectivity index (χ0) is 13.8. The van der Waals surface area contributed by atoms with Gasteiger partial charge in [-0.05, 0) is 18.2 Å². The second-order valence-electron chi connectivity index (χ2n) is 4.00. The van der Waals surface area contributed by atoms with E-state index in [1.165, 1.54) is 6.92 Å². The molecule has 0 aliphatic heterocycles. The standard InChI is InChI=1S/C14H12N2O3/c1-9(17)15-6-2-3-10-4-5-11-8-13(14(18)19)16-12(11)7-10/h4-5,7-8,16H,6H2,1H3,(H,15,17)(H,18,19). The fourth-order valence-electron chi connectivity index (χ4n) is 1.63. The van der Waals surface area contributed by atoms with E-state index in [1.807, 2.05) is 6.07 Å². The molecule has 0 aliphatic rings. The third-order valence-electron chi connectivity index (χ3n) is 2.51. The van der Waals surface area contributed by atoms with E-state index in [0.29, 0.717) is 6.54 Å². The van der Waals surface area contributed by atoms with E-state index in [9.17, 15) is 9.59 Å². The Morgan fingerprint density at radius 1 is 1.37 bits per heavy atom. The van der Waals surface area contributed by atoms with Crippen LogP contribution in [0.5, 0.6) is 0 Å². The molecular formula is C14H12N2O3. The second-order valence-corrected chi connectivity index (χ2v) is 4.00. The van der Waals surface area contributed by atoms with E-state index in [2.05, 4.69) is 22.1 Å². The van der Waals surface area contributed by atoms with Crippen LogP contribution in [0.25, 0.3) is 10.9 Å². The summed E-state index contributed by atoms with van der Waals surface area (Å²) in [7, 11) is 0. The van der Waals surface area contributed by atoms with Crippen molar-refractivity contribution in [2.75, 3.05) is 6.54 Å². The van der Waals surface area contributed by atoms with Crippen LogP contribution in [0, 0.1) is 11.8 Å². The number of carboxylic acids is 1. The summed E-state index contributed by atoms with van der Waals surface area (Å²) >= 11 is 0. The lowest BCUT2D eigenvalue weighted by molar-refractivity contribution is -0.118. The number of aromatic carboxylic acids is 1. The second kappa shape index (κ2) is 5.27. The minimum Gasteiger partial charge on any atom is -0.477 e. The average molecular weight is 256 g/mol. The number of amides is 1. The number of aromatic nitrogens is 1. The van der Waals surface area contributed by atoms with Crippen LogP contribution >= 0.6 is 0 Å². The molecule has 0 radical (unpaired) electrons. The molecule has 5 nitrogen and oxygen atoms in total. The van der Waals surface area contributed by atoms with Gasteiger partial charge in [0, 0.05) is 23.4 Å². The van der Waals surface area contributed by atoms with Gasteiger partial charge in [-0.2, -0.15) is 0 Å². The van der Waals surface area contributed by atoms with E-state index < -0.39 is 5.97 Å². The van der Waals surface area contributed by atoms with Crippen molar-refractivity contribution in [2.45, 2.75) is 6.92 Å². The largest absolute Gasteiger partial charge is 0.477 e. The van der Waals surface area contributed by atoms with Gasteiger partial charge in [-0.15, -0.1) is 0 Å². The van der Waals surface area contributed by atoms with Crippen LogP contribution in [0.3, 0.4) is 0 Å². The van der Waals surface area contributed by atoms with Gasteiger partial charge >= 0.3 is 5.97 Å². The van der Waals surface area contributed by atoms with Gasteiger partial charge in [0.15, 0.2) is 0 Å². The van der Waals surface area contributed by atoms with Gasteiger partial charge in [0.1, 0.15) is 5.69 Å². The van der Waals surface area contributed by atoms with Crippen molar-refractivity contribution >= 4 is 22.8 Å². The lowest BCUT2D eigenvalue weighted by atomic mass is 10.1. The summed E-state index contributed by atoms with van der Waals surface area (Å²) in [6.45, 7) is 1.72. The third kappa shape index (κ3) is 3.13. The number of aromatic amines is 1. The lowest BCUT2D eigenvalue weighted by Gasteiger charge is -1.93. The van der Waals surface area contributed by atoms with Crippen molar-refractivity contribution in [2.24, 2.45) is 0 Å². The maximum Gasteiger partial charge on any atom is 0.352 e. The minimum absolute atomic E-state index is 0.125. The molecule has 1 aromatic heterocycles. The molecule has 0 saturated heterocycles. The Bertz CT molecular complexity index is 704. The SMILES string of the molecule is CC(=O)NCC#Cc1ccc2cc(C(=O)O)[nH]c2c1. The molecule has 0 saturated carbocycles. The molecule has 0 atom stereocenters. The summed E-state index contributed by atoms with van der Waals surface area (Å²) in [5.74, 6) is 4.60. The number of carbonyl (C=O) groups excluding carboxylic acids is 1. The number of fused-ring (bicyclic) bond motifs is 1. The Labute approximate surface area is 109 Å². The topological polar surface area (TPSA) is 82.2 Å². The maximum absolute atomic E-state index is 10.8. The number of benzene rings is 1. The van der Waals surface area contributed by atoms with Crippen LogP contribution < -0.4 is 5.32 Å². The van der Waals surface area contributed by atoms with E-state index >= 15 is 0 Å². The van der Waals surface area contributed by atoms with Gasteiger partial charge in [-0.25, -0.2) is 4.79 Å². The van der Waals surface area contributed by atoms with Crippen molar-refractivity contribution in [3.05, 3.63) is 35.5 Å². The Balaban J connectivity index is 2.21. The molecule has 2 aromatic rings. The van der Waals surface area contributed by atoms with Crippen LogP contribution in [0.1, 0.15) is 23.0 Å². The summed E-state index contributed by atoms with van der Waals surface area (Å²) in [4.78, 5) is 24.3. The Morgan fingerprint density at radius 2 is 2.16 bits per heavy atom. The lowest BCUT2D eigenvalue weighted by Crippen LogP contribution is -2.19. The highest BCUT2D eigenvalue weighted by Gasteiger charge is 2.06. The molecule has 1 aromatic carbocycles. The zero-order valence-electron chi connectivity index (χ0n) is 10.3. The summed E-state index contributed by atoms with van der Waals surface area (Å²) < 4.78 is 0.